The van der Waals surface area contributed by atoms with Crippen molar-refractivity contribution < 1.29 is 9.66 Å². The fraction of sp³-hybridized carbons (Fsp3) is 0.364. The van der Waals surface area contributed by atoms with Gasteiger partial charge in [-0.15, -0.1) is 0 Å². The highest BCUT2D eigenvalue weighted by molar-refractivity contribution is 5.61. The molecule has 1 N–H and O–H groups in total. The van der Waals surface area contributed by atoms with Crippen molar-refractivity contribution in [2.24, 2.45) is 7.05 Å². The van der Waals surface area contributed by atoms with Gasteiger partial charge in [0.25, 0.3) is 0 Å². The van der Waals surface area contributed by atoms with Crippen LogP contribution in [0.3, 0.4) is 0 Å². The van der Waals surface area contributed by atoms with Gasteiger partial charge in [-0.2, -0.15) is 10.1 Å². The van der Waals surface area contributed by atoms with Crippen LogP contribution in [-0.4, -0.2) is 31.2 Å². The normalized spacial score (nSPS) is 10.3. The molecule has 0 radical (unpaired) electrons. The van der Waals surface area contributed by atoms with E-state index in [4.69, 9.17) is 4.74 Å². The zero-order valence-corrected chi connectivity index (χ0v) is 11.3. The Morgan fingerprint density at radius 1 is 1.50 bits per heavy atom. The summed E-state index contributed by atoms with van der Waals surface area (Å²) in [5.74, 6) is 0.372. The highest BCUT2D eigenvalue weighted by Gasteiger charge is 2.25. The molecular weight excluding hydrogens is 264 g/mol. The molecule has 9 nitrogen and oxygen atoms in total. The number of hydrogen-bond donors (Lipinski definition) is 1. The van der Waals surface area contributed by atoms with Gasteiger partial charge in [0.05, 0.1) is 10.6 Å². The number of ether oxygens (including phenoxy) is 1. The summed E-state index contributed by atoms with van der Waals surface area (Å²) in [7, 11) is 1.68. The van der Waals surface area contributed by atoms with E-state index in [1.54, 1.807) is 20.0 Å². The van der Waals surface area contributed by atoms with E-state index in [1.807, 2.05) is 6.92 Å². The second-order valence-electron chi connectivity index (χ2n) is 4.01. The first-order chi connectivity index (χ1) is 9.52. The smallest absolute Gasteiger partial charge is 0.373 e. The van der Waals surface area contributed by atoms with Gasteiger partial charge in [0, 0.05) is 19.7 Å². The molecule has 2 heterocycles. The summed E-state index contributed by atoms with van der Waals surface area (Å²) in [6.07, 6.45) is 1.21. The Balaban J connectivity index is 2.43. The molecule has 2 aromatic heterocycles. The minimum absolute atomic E-state index is 0.121. The second-order valence-corrected chi connectivity index (χ2v) is 4.01. The Morgan fingerprint density at radius 3 is 2.80 bits per heavy atom. The van der Waals surface area contributed by atoms with Crippen LogP contribution in [0.2, 0.25) is 0 Å². The molecule has 2 aromatic rings. The minimum atomic E-state index is -0.573. The van der Waals surface area contributed by atoms with Crippen LogP contribution in [0.1, 0.15) is 12.6 Å². The Bertz CT molecular complexity index is 639. The van der Waals surface area contributed by atoms with Crippen molar-refractivity contribution in [3.8, 4) is 11.8 Å². The zero-order chi connectivity index (χ0) is 14.7. The largest absolute Gasteiger partial charge is 0.415 e. The summed E-state index contributed by atoms with van der Waals surface area (Å²) in [4.78, 5) is 18.3. The predicted molar refractivity (Wildman–Crippen MR) is 70.9 cm³/mol. The number of aromatic nitrogens is 4. The molecule has 106 valence electrons. The van der Waals surface area contributed by atoms with E-state index in [9.17, 15) is 10.1 Å². The number of hydrogen-bond acceptors (Lipinski definition) is 7. The molecule has 0 fully saturated rings. The van der Waals surface area contributed by atoms with E-state index in [2.05, 4.69) is 20.4 Å². The SMILES string of the molecule is CCNc1ncnc(Oc2cc(C)nn2C)c1[N+](=O)[O-]. The molecule has 0 amide bonds. The van der Waals surface area contributed by atoms with Gasteiger partial charge in [-0.3, -0.25) is 10.1 Å². The number of nitro groups is 1. The molecule has 0 aliphatic carbocycles. The van der Waals surface area contributed by atoms with Crippen LogP contribution in [-0.2, 0) is 7.05 Å². The van der Waals surface area contributed by atoms with Crippen LogP contribution in [0.4, 0.5) is 11.5 Å². The van der Waals surface area contributed by atoms with Crippen LogP contribution in [0.15, 0.2) is 12.4 Å². The molecule has 0 saturated heterocycles. The monoisotopic (exact) mass is 278 g/mol. The molecule has 0 aliphatic heterocycles. The first-order valence-corrected chi connectivity index (χ1v) is 5.94. The number of anilines is 1. The molecule has 0 unspecified atom stereocenters. The summed E-state index contributed by atoms with van der Waals surface area (Å²) in [5.41, 5.74) is 0.444. The first kappa shape index (κ1) is 13.7. The molecule has 0 spiro atoms. The second kappa shape index (κ2) is 5.51. The third kappa shape index (κ3) is 2.66. The predicted octanol–water partition coefficient (Wildman–Crippen LogP) is 1.65. The van der Waals surface area contributed by atoms with E-state index in [-0.39, 0.29) is 17.4 Å². The van der Waals surface area contributed by atoms with Crippen molar-refractivity contribution in [1.82, 2.24) is 19.7 Å². The summed E-state index contributed by atoms with van der Waals surface area (Å²) < 4.78 is 6.96. The first-order valence-electron chi connectivity index (χ1n) is 5.94. The van der Waals surface area contributed by atoms with Crippen molar-refractivity contribution in [3.63, 3.8) is 0 Å². The van der Waals surface area contributed by atoms with Crippen molar-refractivity contribution >= 4 is 11.5 Å². The molecule has 9 heteroatoms. The Morgan fingerprint density at radius 2 is 2.25 bits per heavy atom. The number of rotatable bonds is 5. The lowest BCUT2D eigenvalue weighted by Crippen LogP contribution is -2.06. The number of aryl methyl sites for hydroxylation is 2. The molecule has 2 rings (SSSR count). The van der Waals surface area contributed by atoms with Crippen LogP contribution in [0.25, 0.3) is 0 Å². The minimum Gasteiger partial charge on any atom is -0.415 e. The fourth-order valence-electron chi connectivity index (χ4n) is 1.68. The Kier molecular flexibility index (Phi) is 3.78. The van der Waals surface area contributed by atoms with Crippen molar-refractivity contribution in [1.29, 1.82) is 0 Å². The summed E-state index contributed by atoms with van der Waals surface area (Å²) in [6, 6.07) is 1.67. The van der Waals surface area contributed by atoms with E-state index in [0.29, 0.717) is 12.4 Å². The van der Waals surface area contributed by atoms with Crippen LogP contribution in [0, 0.1) is 17.0 Å². The van der Waals surface area contributed by atoms with E-state index < -0.39 is 4.92 Å². The quantitative estimate of drug-likeness (QED) is 0.654. The Labute approximate surface area is 114 Å². The molecule has 0 atom stereocenters. The van der Waals surface area contributed by atoms with E-state index in [0.717, 1.165) is 5.69 Å². The van der Waals surface area contributed by atoms with Crippen LogP contribution in [0.5, 0.6) is 11.8 Å². The van der Waals surface area contributed by atoms with Crippen LogP contribution >= 0.6 is 0 Å². The topological polar surface area (TPSA) is 108 Å². The average molecular weight is 278 g/mol. The van der Waals surface area contributed by atoms with Crippen molar-refractivity contribution in [2.75, 3.05) is 11.9 Å². The molecule has 0 aromatic carbocycles. The molecule has 0 aliphatic rings. The lowest BCUT2D eigenvalue weighted by Gasteiger charge is -2.07. The molecule has 0 saturated carbocycles. The van der Waals surface area contributed by atoms with E-state index in [1.165, 1.54) is 11.0 Å². The maximum absolute atomic E-state index is 11.2. The highest BCUT2D eigenvalue weighted by Crippen LogP contribution is 2.33. The highest BCUT2D eigenvalue weighted by atomic mass is 16.6. The van der Waals surface area contributed by atoms with Gasteiger partial charge in [0.2, 0.25) is 11.7 Å². The summed E-state index contributed by atoms with van der Waals surface area (Å²) >= 11 is 0. The lowest BCUT2D eigenvalue weighted by atomic mass is 10.4. The van der Waals surface area contributed by atoms with Gasteiger partial charge in [0.15, 0.2) is 0 Å². The summed E-state index contributed by atoms with van der Waals surface area (Å²) in [6.45, 7) is 4.12. The zero-order valence-electron chi connectivity index (χ0n) is 11.3. The average Bonchev–Trinajstić information content (AvgIpc) is 2.68. The maximum Gasteiger partial charge on any atom is 0.373 e. The van der Waals surface area contributed by atoms with Gasteiger partial charge in [-0.25, -0.2) is 9.67 Å². The number of nitrogens with one attached hydrogen (secondary N) is 1. The number of nitrogens with zero attached hydrogens (tertiary/aromatic N) is 5. The molecule has 0 bridgehead atoms. The van der Waals surface area contributed by atoms with E-state index >= 15 is 0 Å². The van der Waals surface area contributed by atoms with Gasteiger partial charge in [-0.05, 0) is 13.8 Å². The third-order valence-electron chi connectivity index (χ3n) is 2.48. The lowest BCUT2D eigenvalue weighted by molar-refractivity contribution is -0.385. The third-order valence-corrected chi connectivity index (χ3v) is 2.48. The molecule has 20 heavy (non-hydrogen) atoms. The van der Waals surface area contributed by atoms with Crippen molar-refractivity contribution in [2.45, 2.75) is 13.8 Å². The standard InChI is InChI=1S/C11H14N6O3/c1-4-12-10-9(17(18)19)11(14-6-13-10)20-8-5-7(2)15-16(8)3/h5-6H,4H2,1-3H3,(H,12,13,14). The van der Waals surface area contributed by atoms with Crippen molar-refractivity contribution in [3.05, 3.63) is 28.2 Å². The maximum atomic E-state index is 11.2. The Hall–Kier alpha value is -2.71. The fourth-order valence-corrected chi connectivity index (χ4v) is 1.68. The van der Waals surface area contributed by atoms with Crippen LogP contribution < -0.4 is 10.1 Å². The van der Waals surface area contributed by atoms with Gasteiger partial charge >= 0.3 is 11.6 Å². The molecular formula is C11H14N6O3. The van der Waals surface area contributed by atoms with Gasteiger partial charge in [-0.1, -0.05) is 0 Å². The van der Waals surface area contributed by atoms with Gasteiger partial charge in [0.1, 0.15) is 6.33 Å². The van der Waals surface area contributed by atoms with Gasteiger partial charge < -0.3 is 10.1 Å². The summed E-state index contributed by atoms with van der Waals surface area (Å²) in [5, 5.41) is 18.1.